The molecule has 2 aromatic rings. The number of nitro benzene ring substituents is 1. The Balaban J connectivity index is 2.12. The Morgan fingerprint density at radius 1 is 1.37 bits per heavy atom. The molecule has 0 fully saturated rings. The van der Waals surface area contributed by atoms with Crippen LogP contribution in [0, 0.1) is 10.1 Å². The Morgan fingerprint density at radius 3 is 2.78 bits per heavy atom. The van der Waals surface area contributed by atoms with Crippen LogP contribution >= 0.6 is 11.3 Å². The fraction of sp³-hybridized carbons (Fsp3) is 0.353. The van der Waals surface area contributed by atoms with Gasteiger partial charge in [-0.3, -0.25) is 19.7 Å². The van der Waals surface area contributed by atoms with E-state index in [2.05, 4.69) is 10.3 Å². The van der Waals surface area contributed by atoms with Crippen LogP contribution < -0.4 is 10.2 Å². The van der Waals surface area contributed by atoms with E-state index < -0.39 is 10.8 Å². The zero-order valence-electron chi connectivity index (χ0n) is 15.2. The van der Waals surface area contributed by atoms with E-state index in [9.17, 15) is 19.7 Å². The van der Waals surface area contributed by atoms with Crippen LogP contribution in [0.5, 0.6) is 0 Å². The monoisotopic (exact) mass is 392 g/mol. The number of amides is 2. The van der Waals surface area contributed by atoms with Crippen LogP contribution in [0.1, 0.15) is 16.8 Å². The third-order valence-corrected chi connectivity index (χ3v) is 4.40. The molecule has 0 atom stereocenters. The summed E-state index contributed by atoms with van der Waals surface area (Å²) < 4.78 is 0. The van der Waals surface area contributed by atoms with Crippen molar-refractivity contribution in [2.75, 3.05) is 39.0 Å². The second-order valence-electron chi connectivity index (χ2n) is 6.23. The maximum atomic E-state index is 12.8. The standard InChI is InChI=1S/C17H21N5O4S/c1-20(2)8-4-9-21(12-15(23)19-17-18-7-10-27-17)16(24)13-5-3-6-14(11-13)22(25)26/h3,5-7,10-11H,4,8-9,12H2,1-2H3,(H,18,19,23)/p+1. The van der Waals surface area contributed by atoms with Gasteiger partial charge in [-0.2, -0.15) is 0 Å². The Bertz CT molecular complexity index is 794. The molecular formula is C17H22N5O4S+. The van der Waals surface area contributed by atoms with Gasteiger partial charge in [0.25, 0.3) is 11.6 Å². The number of rotatable bonds is 9. The molecule has 10 heteroatoms. The summed E-state index contributed by atoms with van der Waals surface area (Å²) in [6, 6.07) is 5.53. The van der Waals surface area contributed by atoms with E-state index >= 15 is 0 Å². The minimum atomic E-state index is -0.550. The number of anilines is 1. The molecule has 0 unspecified atom stereocenters. The van der Waals surface area contributed by atoms with Crippen molar-refractivity contribution >= 4 is 34.0 Å². The van der Waals surface area contributed by atoms with Crippen molar-refractivity contribution in [1.29, 1.82) is 0 Å². The predicted octanol–water partition coefficient (Wildman–Crippen LogP) is 0.667. The van der Waals surface area contributed by atoms with E-state index in [-0.39, 0.29) is 23.7 Å². The summed E-state index contributed by atoms with van der Waals surface area (Å²) in [5.74, 6) is -0.775. The van der Waals surface area contributed by atoms with Gasteiger partial charge in [0.2, 0.25) is 5.91 Å². The lowest BCUT2D eigenvalue weighted by Gasteiger charge is -2.22. The number of carbonyl (C=O) groups is 2. The van der Waals surface area contributed by atoms with Crippen LogP contribution in [-0.4, -0.2) is 60.4 Å². The summed E-state index contributed by atoms with van der Waals surface area (Å²) in [7, 11) is 4.00. The molecule has 144 valence electrons. The van der Waals surface area contributed by atoms with Gasteiger partial charge in [-0.15, -0.1) is 11.3 Å². The zero-order valence-corrected chi connectivity index (χ0v) is 16.0. The Morgan fingerprint density at radius 2 is 2.15 bits per heavy atom. The van der Waals surface area contributed by atoms with Gasteiger partial charge in [0.1, 0.15) is 6.54 Å². The van der Waals surface area contributed by atoms with Crippen LogP contribution in [0.4, 0.5) is 10.8 Å². The van der Waals surface area contributed by atoms with Gasteiger partial charge in [-0.25, -0.2) is 4.98 Å². The van der Waals surface area contributed by atoms with Crippen LogP contribution in [0.2, 0.25) is 0 Å². The number of nitrogens with one attached hydrogen (secondary N) is 2. The number of hydrogen-bond donors (Lipinski definition) is 2. The molecule has 9 nitrogen and oxygen atoms in total. The van der Waals surface area contributed by atoms with Crippen LogP contribution in [0.3, 0.4) is 0 Å². The SMILES string of the molecule is C[NH+](C)CCCN(CC(=O)Nc1nccs1)C(=O)c1cccc([N+](=O)[O-])c1. The minimum Gasteiger partial charge on any atom is -0.340 e. The van der Waals surface area contributed by atoms with E-state index in [0.717, 1.165) is 6.54 Å². The highest BCUT2D eigenvalue weighted by atomic mass is 32.1. The molecule has 2 amide bonds. The smallest absolute Gasteiger partial charge is 0.270 e. The number of quaternary nitrogens is 1. The number of carbonyl (C=O) groups excluding carboxylic acids is 2. The third kappa shape index (κ3) is 6.42. The van der Waals surface area contributed by atoms with Crippen molar-refractivity contribution in [3.8, 4) is 0 Å². The zero-order chi connectivity index (χ0) is 19.8. The number of nitro groups is 1. The normalized spacial score (nSPS) is 10.6. The summed E-state index contributed by atoms with van der Waals surface area (Å²) in [6.07, 6.45) is 2.28. The number of hydrogen-bond acceptors (Lipinski definition) is 6. The van der Waals surface area contributed by atoms with Gasteiger partial charge in [0, 0.05) is 42.2 Å². The Kier molecular flexibility index (Phi) is 7.38. The maximum absolute atomic E-state index is 12.8. The number of thiazole rings is 1. The maximum Gasteiger partial charge on any atom is 0.270 e. The topological polar surface area (TPSA) is 110 Å². The number of benzene rings is 1. The lowest BCUT2D eigenvalue weighted by molar-refractivity contribution is -0.858. The van der Waals surface area contributed by atoms with Crippen LogP contribution in [0.25, 0.3) is 0 Å². The molecule has 0 spiro atoms. The van der Waals surface area contributed by atoms with Crippen molar-refractivity contribution in [1.82, 2.24) is 9.88 Å². The molecule has 2 rings (SSSR count). The van der Waals surface area contributed by atoms with E-state index in [1.54, 1.807) is 11.6 Å². The van der Waals surface area contributed by atoms with E-state index in [1.165, 1.54) is 45.4 Å². The van der Waals surface area contributed by atoms with Crippen molar-refractivity contribution in [3.05, 3.63) is 51.5 Å². The lowest BCUT2D eigenvalue weighted by Crippen LogP contribution is -3.05. The first-order valence-electron chi connectivity index (χ1n) is 8.39. The average Bonchev–Trinajstić information content (AvgIpc) is 3.13. The second-order valence-corrected chi connectivity index (χ2v) is 7.12. The van der Waals surface area contributed by atoms with Gasteiger partial charge in [-0.05, 0) is 6.07 Å². The molecule has 0 aliphatic heterocycles. The lowest BCUT2D eigenvalue weighted by atomic mass is 10.1. The molecule has 27 heavy (non-hydrogen) atoms. The van der Waals surface area contributed by atoms with Crippen molar-refractivity contribution < 1.29 is 19.4 Å². The van der Waals surface area contributed by atoms with Gasteiger partial charge < -0.3 is 15.1 Å². The fourth-order valence-corrected chi connectivity index (χ4v) is 2.97. The molecule has 0 saturated heterocycles. The van der Waals surface area contributed by atoms with Gasteiger partial charge in [-0.1, -0.05) is 6.07 Å². The highest BCUT2D eigenvalue weighted by Gasteiger charge is 2.21. The molecule has 0 bridgehead atoms. The predicted molar refractivity (Wildman–Crippen MR) is 102 cm³/mol. The van der Waals surface area contributed by atoms with E-state index in [4.69, 9.17) is 0 Å². The van der Waals surface area contributed by atoms with Gasteiger partial charge >= 0.3 is 0 Å². The third-order valence-electron chi connectivity index (χ3n) is 3.71. The quantitative estimate of drug-likeness (QED) is 0.481. The molecule has 1 aromatic heterocycles. The summed E-state index contributed by atoms with van der Waals surface area (Å²) in [5, 5.41) is 15.8. The first-order chi connectivity index (χ1) is 12.9. The highest BCUT2D eigenvalue weighted by Crippen LogP contribution is 2.15. The number of nitrogens with zero attached hydrogens (tertiary/aromatic N) is 3. The first-order valence-corrected chi connectivity index (χ1v) is 9.27. The van der Waals surface area contributed by atoms with Crippen LogP contribution in [-0.2, 0) is 4.79 Å². The summed E-state index contributed by atoms with van der Waals surface area (Å²) in [6.45, 7) is 1.05. The fourth-order valence-electron chi connectivity index (χ4n) is 2.43. The molecular weight excluding hydrogens is 370 g/mol. The molecule has 2 N–H and O–H groups in total. The Labute approximate surface area is 160 Å². The van der Waals surface area contributed by atoms with Gasteiger partial charge in [0.05, 0.1) is 25.6 Å². The minimum absolute atomic E-state index is 0.149. The summed E-state index contributed by atoms with van der Waals surface area (Å²) >= 11 is 1.29. The largest absolute Gasteiger partial charge is 0.340 e. The molecule has 0 saturated carbocycles. The van der Waals surface area contributed by atoms with Crippen molar-refractivity contribution in [2.45, 2.75) is 6.42 Å². The van der Waals surface area contributed by atoms with Crippen molar-refractivity contribution in [2.24, 2.45) is 0 Å². The van der Waals surface area contributed by atoms with Crippen molar-refractivity contribution in [3.63, 3.8) is 0 Å². The summed E-state index contributed by atoms with van der Waals surface area (Å²) in [5.41, 5.74) is 0.0224. The van der Waals surface area contributed by atoms with Crippen LogP contribution in [0.15, 0.2) is 35.8 Å². The van der Waals surface area contributed by atoms with E-state index in [1.807, 2.05) is 14.1 Å². The summed E-state index contributed by atoms with van der Waals surface area (Å²) in [4.78, 5) is 42.1. The molecule has 1 heterocycles. The highest BCUT2D eigenvalue weighted by molar-refractivity contribution is 7.13. The first kappa shape index (κ1) is 20.5. The van der Waals surface area contributed by atoms with Gasteiger partial charge in [0.15, 0.2) is 5.13 Å². The molecule has 1 aromatic carbocycles. The average molecular weight is 392 g/mol. The Hall–Kier alpha value is -2.85. The molecule has 0 aliphatic rings. The molecule has 0 aliphatic carbocycles. The molecule has 0 radical (unpaired) electrons. The number of aromatic nitrogens is 1. The van der Waals surface area contributed by atoms with E-state index in [0.29, 0.717) is 18.1 Å². The number of non-ortho nitro benzene ring substituents is 1. The second kappa shape index (κ2) is 9.74.